The van der Waals surface area contributed by atoms with Gasteiger partial charge in [-0.05, 0) is 29.8 Å². The Morgan fingerprint density at radius 2 is 1.82 bits per heavy atom. The van der Waals surface area contributed by atoms with E-state index in [2.05, 4.69) is 4.99 Å². The number of carbonyl (C=O) groups excluding carboxylic acids is 1. The minimum Gasteiger partial charge on any atom is -0.313 e. The van der Waals surface area contributed by atoms with Crippen molar-refractivity contribution in [1.82, 2.24) is 0 Å². The van der Waals surface area contributed by atoms with Crippen LogP contribution < -0.4 is 4.90 Å². The number of nitro benzene ring substituents is 1. The van der Waals surface area contributed by atoms with E-state index in [1.54, 1.807) is 24.1 Å². The second-order valence-electron chi connectivity index (χ2n) is 4.98. The first kappa shape index (κ1) is 13.9. The number of fused-ring (bicyclic) bond motifs is 1. The lowest BCUT2D eigenvalue weighted by atomic mass is 10.1. The quantitative estimate of drug-likeness (QED) is 0.631. The summed E-state index contributed by atoms with van der Waals surface area (Å²) >= 11 is 0. The molecule has 0 atom stereocenters. The average Bonchev–Trinajstić information content (AvgIpc) is 2.65. The molecule has 0 N–H and O–H groups in total. The molecule has 110 valence electrons. The van der Waals surface area contributed by atoms with Gasteiger partial charge in [0, 0.05) is 19.2 Å². The van der Waals surface area contributed by atoms with Crippen LogP contribution in [-0.2, 0) is 4.79 Å². The fourth-order valence-electron chi connectivity index (χ4n) is 2.37. The molecule has 0 saturated carbocycles. The lowest BCUT2D eigenvalue weighted by Gasteiger charge is -2.15. The SMILES string of the molecule is CN1C(=O)CC(c2ccc([N+](=O)[O-])cc2)=Nc2ccccc21. The van der Waals surface area contributed by atoms with Crippen molar-refractivity contribution in [2.45, 2.75) is 6.42 Å². The predicted molar refractivity (Wildman–Crippen MR) is 83.8 cm³/mol. The van der Waals surface area contributed by atoms with Crippen LogP contribution in [0.5, 0.6) is 0 Å². The molecule has 2 aromatic rings. The van der Waals surface area contributed by atoms with E-state index in [4.69, 9.17) is 0 Å². The highest BCUT2D eigenvalue weighted by Gasteiger charge is 2.22. The van der Waals surface area contributed by atoms with Gasteiger partial charge in [-0.3, -0.25) is 19.9 Å². The molecule has 6 heteroatoms. The Bertz CT molecular complexity index is 781. The molecule has 2 aromatic carbocycles. The third kappa shape index (κ3) is 2.46. The molecule has 0 bridgehead atoms. The van der Waals surface area contributed by atoms with Gasteiger partial charge in [-0.2, -0.15) is 0 Å². The maximum absolute atomic E-state index is 12.3. The van der Waals surface area contributed by atoms with Crippen molar-refractivity contribution in [3.05, 3.63) is 64.2 Å². The summed E-state index contributed by atoms with van der Waals surface area (Å²) in [5.74, 6) is -0.0675. The second-order valence-corrected chi connectivity index (χ2v) is 4.98. The molecular weight excluding hydrogens is 282 g/mol. The number of hydrogen-bond acceptors (Lipinski definition) is 4. The number of aliphatic imine (C=N–C) groups is 1. The van der Waals surface area contributed by atoms with Crippen LogP contribution in [0.4, 0.5) is 17.1 Å². The maximum Gasteiger partial charge on any atom is 0.269 e. The fourth-order valence-corrected chi connectivity index (χ4v) is 2.37. The largest absolute Gasteiger partial charge is 0.313 e. The smallest absolute Gasteiger partial charge is 0.269 e. The summed E-state index contributed by atoms with van der Waals surface area (Å²) in [7, 11) is 1.72. The van der Waals surface area contributed by atoms with Gasteiger partial charge in [-0.25, -0.2) is 0 Å². The van der Waals surface area contributed by atoms with E-state index in [0.29, 0.717) is 17.0 Å². The highest BCUT2D eigenvalue weighted by atomic mass is 16.6. The average molecular weight is 295 g/mol. The lowest BCUT2D eigenvalue weighted by molar-refractivity contribution is -0.384. The van der Waals surface area contributed by atoms with E-state index in [9.17, 15) is 14.9 Å². The molecule has 0 aliphatic carbocycles. The minimum absolute atomic E-state index is 0.0156. The first-order valence-electron chi connectivity index (χ1n) is 6.74. The van der Waals surface area contributed by atoms with Gasteiger partial charge in [-0.15, -0.1) is 0 Å². The molecule has 0 saturated heterocycles. The number of nitro groups is 1. The molecule has 0 spiro atoms. The summed E-state index contributed by atoms with van der Waals surface area (Å²) in [4.78, 5) is 28.7. The number of anilines is 1. The normalized spacial score (nSPS) is 14.1. The third-order valence-electron chi connectivity index (χ3n) is 3.60. The van der Waals surface area contributed by atoms with Crippen molar-refractivity contribution in [2.75, 3.05) is 11.9 Å². The van der Waals surface area contributed by atoms with Gasteiger partial charge in [0.15, 0.2) is 0 Å². The van der Waals surface area contributed by atoms with E-state index in [0.717, 1.165) is 5.69 Å². The zero-order valence-electron chi connectivity index (χ0n) is 11.9. The fraction of sp³-hybridized carbons (Fsp3) is 0.125. The van der Waals surface area contributed by atoms with E-state index in [1.807, 2.05) is 24.3 Å². The highest BCUT2D eigenvalue weighted by Crippen LogP contribution is 2.31. The molecule has 1 aliphatic heterocycles. The standard InChI is InChI=1S/C16H13N3O3/c1-18-15-5-3-2-4-13(15)17-14(10-16(18)20)11-6-8-12(9-7-11)19(21)22/h2-9H,10H2,1H3. The number of hydrogen-bond donors (Lipinski definition) is 0. The summed E-state index contributed by atoms with van der Waals surface area (Å²) in [6, 6.07) is 13.5. The van der Waals surface area contributed by atoms with Gasteiger partial charge >= 0.3 is 0 Å². The van der Waals surface area contributed by atoms with Crippen LogP contribution in [0.2, 0.25) is 0 Å². The first-order chi connectivity index (χ1) is 10.6. The highest BCUT2D eigenvalue weighted by molar-refractivity contribution is 6.17. The first-order valence-corrected chi connectivity index (χ1v) is 6.74. The summed E-state index contributed by atoms with van der Waals surface area (Å²) in [5.41, 5.74) is 2.80. The lowest BCUT2D eigenvalue weighted by Crippen LogP contribution is -2.26. The Balaban J connectivity index is 2.05. The molecule has 1 heterocycles. The maximum atomic E-state index is 12.3. The van der Waals surface area contributed by atoms with E-state index >= 15 is 0 Å². The minimum atomic E-state index is -0.451. The molecular formula is C16H13N3O3. The Hall–Kier alpha value is -3.02. The van der Waals surface area contributed by atoms with Crippen molar-refractivity contribution < 1.29 is 9.72 Å². The number of benzene rings is 2. The zero-order valence-corrected chi connectivity index (χ0v) is 11.9. The topological polar surface area (TPSA) is 75.8 Å². The Morgan fingerprint density at radius 3 is 2.50 bits per heavy atom. The molecule has 6 nitrogen and oxygen atoms in total. The van der Waals surface area contributed by atoms with E-state index in [-0.39, 0.29) is 18.0 Å². The van der Waals surface area contributed by atoms with Gasteiger partial charge in [0.2, 0.25) is 5.91 Å². The van der Waals surface area contributed by atoms with Crippen molar-refractivity contribution >= 4 is 28.7 Å². The number of carbonyl (C=O) groups is 1. The Kier molecular flexibility index (Phi) is 3.42. The number of amides is 1. The van der Waals surface area contributed by atoms with Crippen LogP contribution >= 0.6 is 0 Å². The second kappa shape index (κ2) is 5.40. The van der Waals surface area contributed by atoms with Crippen LogP contribution in [-0.4, -0.2) is 23.6 Å². The molecule has 0 radical (unpaired) electrons. The predicted octanol–water partition coefficient (Wildman–Crippen LogP) is 3.08. The molecule has 3 rings (SSSR count). The van der Waals surface area contributed by atoms with Crippen LogP contribution in [0.3, 0.4) is 0 Å². The molecule has 0 unspecified atom stereocenters. The molecule has 22 heavy (non-hydrogen) atoms. The monoisotopic (exact) mass is 295 g/mol. The van der Waals surface area contributed by atoms with Crippen LogP contribution in [0.1, 0.15) is 12.0 Å². The molecule has 0 aromatic heterocycles. The van der Waals surface area contributed by atoms with Gasteiger partial charge in [0.1, 0.15) is 0 Å². The summed E-state index contributed by atoms with van der Waals surface area (Å²) in [5, 5.41) is 10.7. The van der Waals surface area contributed by atoms with E-state index in [1.165, 1.54) is 12.1 Å². The van der Waals surface area contributed by atoms with Crippen LogP contribution in [0.15, 0.2) is 53.5 Å². The van der Waals surface area contributed by atoms with Crippen molar-refractivity contribution in [2.24, 2.45) is 4.99 Å². The molecule has 1 aliphatic rings. The van der Waals surface area contributed by atoms with Gasteiger partial charge in [-0.1, -0.05) is 12.1 Å². The van der Waals surface area contributed by atoms with Crippen LogP contribution in [0.25, 0.3) is 0 Å². The zero-order chi connectivity index (χ0) is 15.7. The summed E-state index contributed by atoms with van der Waals surface area (Å²) < 4.78 is 0. The summed E-state index contributed by atoms with van der Waals surface area (Å²) in [6.07, 6.45) is 0.156. The van der Waals surface area contributed by atoms with Crippen LogP contribution in [0, 0.1) is 10.1 Å². The summed E-state index contributed by atoms with van der Waals surface area (Å²) in [6.45, 7) is 0. The van der Waals surface area contributed by atoms with Gasteiger partial charge in [0.05, 0.1) is 28.4 Å². The van der Waals surface area contributed by atoms with Gasteiger partial charge in [0.25, 0.3) is 5.69 Å². The third-order valence-corrected chi connectivity index (χ3v) is 3.60. The Morgan fingerprint density at radius 1 is 1.14 bits per heavy atom. The number of non-ortho nitro benzene ring substituents is 1. The number of para-hydroxylation sites is 2. The number of nitrogens with zero attached hydrogens (tertiary/aromatic N) is 3. The molecule has 1 amide bonds. The Labute approximate surface area is 126 Å². The van der Waals surface area contributed by atoms with Crippen molar-refractivity contribution in [1.29, 1.82) is 0 Å². The van der Waals surface area contributed by atoms with Crippen molar-refractivity contribution in [3.63, 3.8) is 0 Å². The molecule has 0 fully saturated rings. The van der Waals surface area contributed by atoms with Gasteiger partial charge < -0.3 is 4.90 Å². The van der Waals surface area contributed by atoms with Crippen molar-refractivity contribution in [3.8, 4) is 0 Å². The number of rotatable bonds is 2. The van der Waals surface area contributed by atoms with E-state index < -0.39 is 4.92 Å².